The van der Waals surface area contributed by atoms with Crippen LogP contribution in [0.5, 0.6) is 0 Å². The lowest BCUT2D eigenvalue weighted by atomic mass is 9.77. The van der Waals surface area contributed by atoms with Gasteiger partial charge < -0.3 is 25.8 Å². The molecule has 9 heteroatoms. The van der Waals surface area contributed by atoms with Crippen molar-refractivity contribution in [2.45, 2.75) is 31.3 Å². The minimum atomic E-state index is -1.29. The van der Waals surface area contributed by atoms with Crippen LogP contribution in [-0.4, -0.2) is 46.2 Å². The average molecular weight is 319 g/mol. The molecule has 5 N–H and O–H groups in total. The van der Waals surface area contributed by atoms with Gasteiger partial charge in [0.2, 0.25) is 5.91 Å². The summed E-state index contributed by atoms with van der Waals surface area (Å²) in [6.45, 7) is 0. The highest BCUT2D eigenvalue weighted by atomic mass is 16.5. The van der Waals surface area contributed by atoms with E-state index in [2.05, 4.69) is 10.3 Å². The standard InChI is InChI=1S/C14H18BN3O5/c16-12-6-1-3-9(17-12)7-13(19)18-11-5-2-4-10(8-14(20)21)23-15(11)22/h1-4,6,10-11,22H,5,7-8H2,(H2,16,17)(H,18,19)(H,20,21)/t10-,11+/m1/s1. The van der Waals surface area contributed by atoms with Crippen molar-refractivity contribution in [3.05, 3.63) is 36.0 Å². The van der Waals surface area contributed by atoms with Crippen molar-refractivity contribution < 1.29 is 24.4 Å². The number of nitrogen functional groups attached to an aromatic ring is 1. The van der Waals surface area contributed by atoms with E-state index in [0.29, 0.717) is 17.9 Å². The number of hydrogen-bond donors (Lipinski definition) is 4. The number of carbonyl (C=O) groups is 2. The van der Waals surface area contributed by atoms with E-state index in [1.54, 1.807) is 30.4 Å². The number of hydrogen-bond acceptors (Lipinski definition) is 6. The third kappa shape index (κ3) is 5.39. The van der Waals surface area contributed by atoms with Crippen LogP contribution in [0.2, 0.25) is 0 Å². The molecule has 1 aliphatic heterocycles. The molecule has 0 aromatic carbocycles. The largest absolute Gasteiger partial charge is 0.481 e. The highest BCUT2D eigenvalue weighted by Gasteiger charge is 2.32. The Morgan fingerprint density at radius 1 is 1.48 bits per heavy atom. The average Bonchev–Trinajstić information content (AvgIpc) is 2.60. The fraction of sp³-hybridized carbons (Fsp3) is 0.357. The van der Waals surface area contributed by atoms with Crippen LogP contribution < -0.4 is 11.1 Å². The van der Waals surface area contributed by atoms with Gasteiger partial charge in [0.1, 0.15) is 5.82 Å². The van der Waals surface area contributed by atoms with Gasteiger partial charge in [-0.3, -0.25) is 9.59 Å². The van der Waals surface area contributed by atoms with Crippen LogP contribution in [-0.2, 0) is 20.7 Å². The summed E-state index contributed by atoms with van der Waals surface area (Å²) in [7, 11) is -1.29. The van der Waals surface area contributed by atoms with Gasteiger partial charge in [0, 0.05) is 0 Å². The van der Waals surface area contributed by atoms with Crippen LogP contribution >= 0.6 is 0 Å². The number of carboxylic acid groups (broad SMARTS) is 1. The molecule has 1 amide bonds. The molecule has 2 atom stereocenters. The van der Waals surface area contributed by atoms with E-state index in [9.17, 15) is 14.6 Å². The quantitative estimate of drug-likeness (QED) is 0.425. The Hall–Kier alpha value is -2.39. The third-order valence-electron chi connectivity index (χ3n) is 3.29. The van der Waals surface area contributed by atoms with Gasteiger partial charge in [0.25, 0.3) is 0 Å². The number of aromatic nitrogens is 1. The number of carbonyl (C=O) groups excluding carboxylic acids is 1. The Bertz CT molecular complexity index is 610. The molecular formula is C14H18BN3O5. The second-order valence-electron chi connectivity index (χ2n) is 5.23. The number of nitrogens with two attached hydrogens (primary N) is 1. The minimum absolute atomic E-state index is 0.0243. The lowest BCUT2D eigenvalue weighted by Crippen LogP contribution is -2.48. The van der Waals surface area contributed by atoms with E-state index < -0.39 is 25.1 Å². The molecule has 0 unspecified atom stereocenters. The monoisotopic (exact) mass is 319 g/mol. The van der Waals surface area contributed by atoms with E-state index >= 15 is 0 Å². The van der Waals surface area contributed by atoms with Crippen LogP contribution in [0.4, 0.5) is 5.82 Å². The summed E-state index contributed by atoms with van der Waals surface area (Å²) in [5.74, 6) is -1.69. The first-order valence-corrected chi connectivity index (χ1v) is 7.17. The van der Waals surface area contributed by atoms with Crippen molar-refractivity contribution in [3.8, 4) is 0 Å². The Balaban J connectivity index is 1.90. The van der Waals surface area contributed by atoms with Gasteiger partial charge in [-0.15, -0.1) is 0 Å². The lowest BCUT2D eigenvalue weighted by Gasteiger charge is -2.20. The predicted octanol–water partition coefficient (Wildman–Crippen LogP) is -0.469. The van der Waals surface area contributed by atoms with Gasteiger partial charge in [0.05, 0.1) is 30.6 Å². The fourth-order valence-corrected chi connectivity index (χ4v) is 2.25. The summed E-state index contributed by atoms with van der Waals surface area (Å²) >= 11 is 0. The highest BCUT2D eigenvalue weighted by molar-refractivity contribution is 6.45. The number of nitrogens with one attached hydrogen (secondary N) is 1. The number of nitrogens with zero attached hydrogens (tertiary/aromatic N) is 1. The molecule has 1 aromatic rings. The van der Waals surface area contributed by atoms with Crippen molar-refractivity contribution >= 4 is 24.8 Å². The first-order chi connectivity index (χ1) is 10.9. The van der Waals surface area contributed by atoms with Gasteiger partial charge in [-0.05, 0) is 18.6 Å². The molecule has 2 rings (SSSR count). The fourth-order valence-electron chi connectivity index (χ4n) is 2.25. The van der Waals surface area contributed by atoms with Gasteiger partial charge in [0.15, 0.2) is 0 Å². The third-order valence-corrected chi connectivity index (χ3v) is 3.29. The number of rotatable bonds is 5. The van der Waals surface area contributed by atoms with Crippen LogP contribution in [0.15, 0.2) is 30.4 Å². The zero-order valence-electron chi connectivity index (χ0n) is 12.4. The molecule has 0 bridgehead atoms. The van der Waals surface area contributed by atoms with Crippen LogP contribution in [0, 0.1) is 0 Å². The Morgan fingerprint density at radius 2 is 2.26 bits per heavy atom. The van der Waals surface area contributed by atoms with E-state index in [1.165, 1.54) is 0 Å². The summed E-state index contributed by atoms with van der Waals surface area (Å²) in [6, 6.07) is 5.00. The number of anilines is 1. The van der Waals surface area contributed by atoms with Gasteiger partial charge in [-0.2, -0.15) is 0 Å². The number of pyridine rings is 1. The first-order valence-electron chi connectivity index (χ1n) is 7.17. The summed E-state index contributed by atoms with van der Waals surface area (Å²) in [4.78, 5) is 26.8. The number of amides is 1. The van der Waals surface area contributed by atoms with Crippen LogP contribution in [0.3, 0.4) is 0 Å². The Kier molecular flexibility index (Phi) is 5.72. The molecule has 2 heterocycles. The first kappa shape index (κ1) is 17.0. The van der Waals surface area contributed by atoms with Gasteiger partial charge in [-0.25, -0.2) is 4.98 Å². The molecule has 1 aliphatic rings. The van der Waals surface area contributed by atoms with E-state index in [-0.39, 0.29) is 18.7 Å². The molecule has 23 heavy (non-hydrogen) atoms. The van der Waals surface area contributed by atoms with E-state index in [0.717, 1.165) is 0 Å². The topological polar surface area (TPSA) is 135 Å². The second-order valence-corrected chi connectivity index (χ2v) is 5.23. The summed E-state index contributed by atoms with van der Waals surface area (Å²) < 4.78 is 5.24. The van der Waals surface area contributed by atoms with Crippen molar-refractivity contribution in [2.24, 2.45) is 0 Å². The van der Waals surface area contributed by atoms with Crippen molar-refractivity contribution in [2.75, 3.05) is 5.73 Å². The number of carboxylic acids is 1. The molecule has 122 valence electrons. The summed E-state index contributed by atoms with van der Waals surface area (Å²) in [6.07, 6.45) is 2.65. The predicted molar refractivity (Wildman–Crippen MR) is 83.1 cm³/mol. The Morgan fingerprint density at radius 3 is 2.96 bits per heavy atom. The molecular weight excluding hydrogens is 301 g/mol. The maximum Gasteiger partial charge on any atom is 0.478 e. The molecule has 1 aromatic heterocycles. The maximum atomic E-state index is 12.0. The summed E-state index contributed by atoms with van der Waals surface area (Å²) in [5, 5.41) is 21.4. The Labute approximate surface area is 133 Å². The normalized spacial score (nSPS) is 20.8. The van der Waals surface area contributed by atoms with Gasteiger partial charge in [-0.1, -0.05) is 18.2 Å². The molecule has 0 aliphatic carbocycles. The molecule has 0 spiro atoms. The minimum Gasteiger partial charge on any atom is -0.481 e. The van der Waals surface area contributed by atoms with Crippen molar-refractivity contribution in [1.29, 1.82) is 0 Å². The number of aliphatic carboxylic acids is 1. The molecule has 8 nitrogen and oxygen atoms in total. The van der Waals surface area contributed by atoms with Crippen molar-refractivity contribution in [1.82, 2.24) is 10.3 Å². The van der Waals surface area contributed by atoms with Crippen molar-refractivity contribution in [3.63, 3.8) is 0 Å². The molecule has 0 saturated heterocycles. The molecule has 0 fully saturated rings. The molecule has 0 radical (unpaired) electrons. The summed E-state index contributed by atoms with van der Waals surface area (Å²) in [5.41, 5.74) is 6.08. The zero-order valence-corrected chi connectivity index (χ0v) is 12.4. The van der Waals surface area contributed by atoms with Gasteiger partial charge >= 0.3 is 13.1 Å². The smallest absolute Gasteiger partial charge is 0.478 e. The highest BCUT2D eigenvalue weighted by Crippen LogP contribution is 2.12. The maximum absolute atomic E-state index is 12.0. The zero-order chi connectivity index (χ0) is 16.8. The van der Waals surface area contributed by atoms with E-state index in [1.807, 2.05) is 0 Å². The lowest BCUT2D eigenvalue weighted by molar-refractivity contribution is -0.138. The SMILES string of the molecule is Nc1cccc(CC(=O)N[C@H]2CC=C[C@H](CC(=O)O)OB2O)n1. The van der Waals surface area contributed by atoms with E-state index in [4.69, 9.17) is 15.5 Å². The van der Waals surface area contributed by atoms with Crippen LogP contribution in [0.1, 0.15) is 18.5 Å². The molecule has 0 saturated carbocycles. The second kappa shape index (κ2) is 7.75. The van der Waals surface area contributed by atoms with Crippen LogP contribution in [0.25, 0.3) is 0 Å².